The van der Waals surface area contributed by atoms with Gasteiger partial charge in [0.05, 0.1) is 4.92 Å². The molecule has 0 radical (unpaired) electrons. The van der Waals surface area contributed by atoms with Crippen molar-refractivity contribution < 1.29 is 14.1 Å². The molecule has 7 heteroatoms. The van der Waals surface area contributed by atoms with Crippen LogP contribution in [-0.2, 0) is 6.54 Å². The van der Waals surface area contributed by atoms with Crippen LogP contribution in [0.3, 0.4) is 0 Å². The number of anilines is 1. The molecule has 0 heterocycles. The Morgan fingerprint density at radius 1 is 1.29 bits per heavy atom. The summed E-state index contributed by atoms with van der Waals surface area (Å²) in [7, 11) is 0. The van der Waals surface area contributed by atoms with Crippen molar-refractivity contribution in [3.63, 3.8) is 0 Å². The summed E-state index contributed by atoms with van der Waals surface area (Å²) in [5.74, 6) is -1.11. The predicted molar refractivity (Wildman–Crippen MR) is 75.3 cm³/mol. The number of hydrogen-bond acceptors (Lipinski definition) is 4. The number of carbonyl (C=O) groups excluding carboxylic acids is 1. The molecule has 0 aliphatic carbocycles. The quantitative estimate of drug-likeness (QED) is 0.652. The summed E-state index contributed by atoms with van der Waals surface area (Å²) >= 11 is 0. The highest BCUT2D eigenvalue weighted by molar-refractivity contribution is 5.94. The van der Waals surface area contributed by atoms with Gasteiger partial charge in [0, 0.05) is 23.7 Å². The molecular weight excluding hydrogens is 277 g/mol. The lowest BCUT2D eigenvalue weighted by Gasteiger charge is -2.09. The zero-order chi connectivity index (χ0) is 15.4. The van der Waals surface area contributed by atoms with Gasteiger partial charge >= 0.3 is 0 Å². The van der Waals surface area contributed by atoms with E-state index in [1.54, 1.807) is 18.2 Å². The fourth-order valence-corrected chi connectivity index (χ4v) is 1.82. The normalized spacial score (nSPS) is 10.1. The van der Waals surface area contributed by atoms with Crippen molar-refractivity contribution in [3.8, 4) is 0 Å². The molecule has 21 heavy (non-hydrogen) atoms. The van der Waals surface area contributed by atoms with Crippen molar-refractivity contribution >= 4 is 17.3 Å². The summed E-state index contributed by atoms with van der Waals surface area (Å²) in [6.07, 6.45) is 0. The van der Waals surface area contributed by atoms with Crippen molar-refractivity contribution in [3.05, 3.63) is 69.5 Å². The molecule has 0 spiro atoms. The molecule has 0 saturated carbocycles. The molecule has 0 saturated heterocycles. The van der Waals surface area contributed by atoms with Crippen molar-refractivity contribution in [2.24, 2.45) is 5.73 Å². The zero-order valence-corrected chi connectivity index (χ0v) is 10.9. The number of primary amides is 1. The van der Waals surface area contributed by atoms with Crippen LogP contribution in [0.1, 0.15) is 15.9 Å². The van der Waals surface area contributed by atoms with Crippen LogP contribution < -0.4 is 11.1 Å². The Balaban J connectivity index is 2.29. The Hall–Kier alpha value is -2.96. The lowest BCUT2D eigenvalue weighted by atomic mass is 10.1. The maximum Gasteiger partial charge on any atom is 0.292 e. The molecule has 0 atom stereocenters. The Kier molecular flexibility index (Phi) is 4.13. The number of rotatable bonds is 5. The lowest BCUT2D eigenvalue weighted by Crippen LogP contribution is -2.12. The smallest absolute Gasteiger partial charge is 0.292 e. The third-order valence-corrected chi connectivity index (χ3v) is 2.90. The molecule has 0 bridgehead atoms. The van der Waals surface area contributed by atoms with Gasteiger partial charge in [0.1, 0.15) is 11.5 Å². The average Bonchev–Trinajstić information content (AvgIpc) is 2.46. The lowest BCUT2D eigenvalue weighted by molar-refractivity contribution is -0.384. The van der Waals surface area contributed by atoms with E-state index in [-0.39, 0.29) is 23.5 Å². The van der Waals surface area contributed by atoms with Gasteiger partial charge in [-0.3, -0.25) is 14.9 Å². The van der Waals surface area contributed by atoms with E-state index in [0.29, 0.717) is 5.56 Å². The third-order valence-electron chi connectivity index (χ3n) is 2.90. The number of hydrogen-bond donors (Lipinski definition) is 2. The standard InChI is InChI=1S/C14H12FN3O3/c15-11-4-2-1-3-10(11)8-17-12-7-9(14(16)19)5-6-13(12)18(20)21/h1-7,17H,8H2,(H2,16,19). The second-order valence-electron chi connectivity index (χ2n) is 4.30. The van der Waals surface area contributed by atoms with E-state index in [1.165, 1.54) is 24.3 Å². The number of amides is 1. The fraction of sp³-hybridized carbons (Fsp3) is 0.0714. The molecule has 1 amide bonds. The molecule has 2 rings (SSSR count). The SMILES string of the molecule is NC(=O)c1ccc([N+](=O)[O-])c(NCc2ccccc2F)c1. The number of nitro groups is 1. The number of nitrogens with zero attached hydrogens (tertiary/aromatic N) is 1. The van der Waals surface area contributed by atoms with Crippen LogP contribution in [0.4, 0.5) is 15.8 Å². The summed E-state index contributed by atoms with van der Waals surface area (Å²) in [5.41, 5.74) is 5.54. The van der Waals surface area contributed by atoms with Crippen LogP contribution >= 0.6 is 0 Å². The molecule has 6 nitrogen and oxygen atoms in total. The number of carbonyl (C=O) groups is 1. The van der Waals surface area contributed by atoms with Gasteiger partial charge in [0.15, 0.2) is 0 Å². The minimum Gasteiger partial charge on any atom is -0.375 e. The Labute approximate surface area is 119 Å². The molecule has 0 aliphatic rings. The van der Waals surface area contributed by atoms with Crippen molar-refractivity contribution in [1.29, 1.82) is 0 Å². The largest absolute Gasteiger partial charge is 0.375 e. The van der Waals surface area contributed by atoms with Crippen LogP contribution in [-0.4, -0.2) is 10.8 Å². The average molecular weight is 289 g/mol. The maximum absolute atomic E-state index is 13.5. The number of nitrogens with two attached hydrogens (primary N) is 1. The van der Waals surface area contributed by atoms with Gasteiger partial charge in [-0.2, -0.15) is 0 Å². The molecule has 0 aromatic heterocycles. The second kappa shape index (κ2) is 6.00. The highest BCUT2D eigenvalue weighted by Gasteiger charge is 2.16. The first-order valence-electron chi connectivity index (χ1n) is 6.04. The number of nitrogens with one attached hydrogen (secondary N) is 1. The van der Waals surface area contributed by atoms with Gasteiger partial charge in [-0.25, -0.2) is 4.39 Å². The van der Waals surface area contributed by atoms with Gasteiger partial charge in [-0.05, 0) is 18.2 Å². The first-order valence-corrected chi connectivity index (χ1v) is 6.04. The molecule has 0 aliphatic heterocycles. The maximum atomic E-state index is 13.5. The highest BCUT2D eigenvalue weighted by Crippen LogP contribution is 2.26. The van der Waals surface area contributed by atoms with Crippen LogP contribution in [0.25, 0.3) is 0 Å². The number of nitro benzene ring substituents is 1. The van der Waals surface area contributed by atoms with E-state index >= 15 is 0 Å². The van der Waals surface area contributed by atoms with Crippen molar-refractivity contribution in [2.75, 3.05) is 5.32 Å². The van der Waals surface area contributed by atoms with Crippen LogP contribution in [0.5, 0.6) is 0 Å². The Morgan fingerprint density at radius 3 is 2.62 bits per heavy atom. The molecule has 2 aromatic carbocycles. The first kappa shape index (κ1) is 14.4. The Bertz CT molecular complexity index is 704. The summed E-state index contributed by atoms with van der Waals surface area (Å²) in [5, 5.41) is 13.7. The van der Waals surface area contributed by atoms with E-state index in [1.807, 2.05) is 0 Å². The zero-order valence-electron chi connectivity index (χ0n) is 10.9. The Morgan fingerprint density at radius 2 is 2.00 bits per heavy atom. The molecule has 0 fully saturated rings. The van der Waals surface area contributed by atoms with Crippen LogP contribution in [0.2, 0.25) is 0 Å². The van der Waals surface area contributed by atoms with Gasteiger partial charge in [0.25, 0.3) is 5.69 Å². The molecule has 108 valence electrons. The summed E-state index contributed by atoms with van der Waals surface area (Å²) in [4.78, 5) is 21.5. The molecular formula is C14H12FN3O3. The van der Waals surface area contributed by atoms with E-state index in [9.17, 15) is 19.3 Å². The monoisotopic (exact) mass is 289 g/mol. The molecule has 0 unspecified atom stereocenters. The van der Waals surface area contributed by atoms with Gasteiger partial charge in [-0.15, -0.1) is 0 Å². The van der Waals surface area contributed by atoms with E-state index in [0.717, 1.165) is 0 Å². The fourth-order valence-electron chi connectivity index (χ4n) is 1.82. The highest BCUT2D eigenvalue weighted by atomic mass is 19.1. The second-order valence-corrected chi connectivity index (χ2v) is 4.30. The number of halogens is 1. The first-order chi connectivity index (χ1) is 9.99. The van der Waals surface area contributed by atoms with Gasteiger partial charge in [-0.1, -0.05) is 18.2 Å². The van der Waals surface area contributed by atoms with Gasteiger partial charge in [0.2, 0.25) is 5.91 Å². The van der Waals surface area contributed by atoms with E-state index in [2.05, 4.69) is 5.32 Å². The van der Waals surface area contributed by atoms with E-state index in [4.69, 9.17) is 5.73 Å². The van der Waals surface area contributed by atoms with Gasteiger partial charge < -0.3 is 11.1 Å². The van der Waals surface area contributed by atoms with Crippen molar-refractivity contribution in [1.82, 2.24) is 0 Å². The summed E-state index contributed by atoms with van der Waals surface area (Å²) < 4.78 is 13.5. The minimum atomic E-state index is -0.696. The number of benzene rings is 2. The third kappa shape index (κ3) is 3.33. The topological polar surface area (TPSA) is 98.3 Å². The van der Waals surface area contributed by atoms with Crippen LogP contribution in [0.15, 0.2) is 42.5 Å². The molecule has 2 aromatic rings. The minimum absolute atomic E-state index is 0.0513. The summed E-state index contributed by atoms with van der Waals surface area (Å²) in [6, 6.07) is 9.81. The van der Waals surface area contributed by atoms with E-state index < -0.39 is 16.6 Å². The van der Waals surface area contributed by atoms with Crippen LogP contribution in [0, 0.1) is 15.9 Å². The molecule has 3 N–H and O–H groups in total. The van der Waals surface area contributed by atoms with Crippen molar-refractivity contribution in [2.45, 2.75) is 6.54 Å². The summed E-state index contributed by atoms with van der Waals surface area (Å²) in [6.45, 7) is 0.0513. The predicted octanol–water partition coefficient (Wildman–Crippen LogP) is 2.44.